The van der Waals surface area contributed by atoms with Gasteiger partial charge in [-0.25, -0.2) is 0 Å². The van der Waals surface area contributed by atoms with Gasteiger partial charge in [0.25, 0.3) is 0 Å². The molecule has 1 aliphatic rings. The van der Waals surface area contributed by atoms with E-state index in [9.17, 15) is 0 Å². The molecular weight excluding hydrogens is 252 g/mol. The molecule has 0 aromatic heterocycles. The van der Waals surface area contributed by atoms with Crippen LogP contribution in [0.3, 0.4) is 0 Å². The van der Waals surface area contributed by atoms with Crippen molar-refractivity contribution >= 4 is 38.4 Å². The lowest BCUT2D eigenvalue weighted by Gasteiger charge is -2.23. The molecule has 0 aliphatic heterocycles. The van der Waals surface area contributed by atoms with Crippen molar-refractivity contribution < 1.29 is 0 Å². The molecule has 1 unspecified atom stereocenters. The first kappa shape index (κ1) is 11.3. The minimum absolute atomic E-state index is 0.595. The highest BCUT2D eigenvalue weighted by Crippen LogP contribution is 2.40. The fraction of sp³-hybridized carbons (Fsp3) is 0.143. The van der Waals surface area contributed by atoms with Gasteiger partial charge in [0, 0.05) is 0 Å². The first-order valence-electron chi connectivity index (χ1n) is 7.70. The van der Waals surface area contributed by atoms with Crippen molar-refractivity contribution in [2.45, 2.75) is 19.3 Å². The number of hydrogen-bond acceptors (Lipinski definition) is 0. The molecule has 0 bridgehead atoms. The Bertz CT molecular complexity index is 1070. The molecule has 5 rings (SSSR count). The molecule has 4 aromatic rings. The summed E-state index contributed by atoms with van der Waals surface area (Å²) in [4.78, 5) is 0. The summed E-state index contributed by atoms with van der Waals surface area (Å²) in [6.45, 7) is 2.36. The highest BCUT2D eigenvalue weighted by molar-refractivity contribution is 6.23. The lowest BCUT2D eigenvalue weighted by Crippen LogP contribution is -2.13. The molecule has 0 saturated heterocycles. The van der Waals surface area contributed by atoms with Crippen molar-refractivity contribution in [1.82, 2.24) is 0 Å². The lowest BCUT2D eigenvalue weighted by atomic mass is 9.81. The lowest BCUT2D eigenvalue weighted by molar-refractivity contribution is 0.810. The summed E-state index contributed by atoms with van der Waals surface area (Å²) in [5.41, 5.74) is 1.55. The molecule has 0 amide bonds. The molecule has 1 atom stereocenters. The van der Waals surface area contributed by atoms with Crippen LogP contribution in [0.1, 0.15) is 24.8 Å². The average Bonchev–Trinajstić information content (AvgIpc) is 2.54. The zero-order chi connectivity index (χ0) is 14.0. The summed E-state index contributed by atoms with van der Waals surface area (Å²) in [5.74, 6) is 0.595. The Balaban J connectivity index is 2.27. The van der Waals surface area contributed by atoms with E-state index >= 15 is 0 Å². The third-order valence-electron chi connectivity index (χ3n) is 5.04. The first-order chi connectivity index (χ1) is 10.3. The van der Waals surface area contributed by atoms with Gasteiger partial charge in [0.05, 0.1) is 0 Å². The predicted molar refractivity (Wildman–Crippen MR) is 91.7 cm³/mol. The van der Waals surface area contributed by atoms with Crippen LogP contribution >= 0.6 is 0 Å². The molecule has 0 nitrogen and oxygen atoms in total. The minimum atomic E-state index is 0.595. The van der Waals surface area contributed by atoms with E-state index in [1.807, 2.05) is 0 Å². The van der Waals surface area contributed by atoms with E-state index in [4.69, 9.17) is 0 Å². The predicted octanol–water partition coefficient (Wildman–Crippen LogP) is 5.15. The van der Waals surface area contributed by atoms with Gasteiger partial charge in [-0.1, -0.05) is 67.6 Å². The summed E-state index contributed by atoms with van der Waals surface area (Å²) in [6, 6.07) is 20.2. The second-order valence-electron chi connectivity index (χ2n) is 6.23. The monoisotopic (exact) mass is 268 g/mol. The van der Waals surface area contributed by atoms with Gasteiger partial charge in [0.2, 0.25) is 0 Å². The maximum Gasteiger partial charge on any atom is -0.00236 e. The Kier molecular flexibility index (Phi) is 2.08. The zero-order valence-corrected chi connectivity index (χ0v) is 12.1. The van der Waals surface area contributed by atoms with Gasteiger partial charge in [0.1, 0.15) is 0 Å². The summed E-state index contributed by atoms with van der Waals surface area (Å²) in [5, 5.41) is 9.94. The Hall–Kier alpha value is -2.34. The molecule has 0 fully saturated rings. The maximum atomic E-state index is 2.41. The third-order valence-corrected chi connectivity index (χ3v) is 5.04. The smallest absolute Gasteiger partial charge is 0.00236 e. The average molecular weight is 268 g/mol. The summed E-state index contributed by atoms with van der Waals surface area (Å²) in [7, 11) is 0. The van der Waals surface area contributed by atoms with E-state index in [0.29, 0.717) is 5.92 Å². The van der Waals surface area contributed by atoms with E-state index in [-0.39, 0.29) is 0 Å². The van der Waals surface area contributed by atoms with E-state index in [0.717, 1.165) is 6.42 Å². The van der Waals surface area contributed by atoms with Gasteiger partial charge in [-0.2, -0.15) is 0 Å². The Morgan fingerprint density at radius 2 is 1.57 bits per heavy atom. The molecule has 0 saturated carbocycles. The summed E-state index contributed by atoms with van der Waals surface area (Å²) < 4.78 is 0. The van der Waals surface area contributed by atoms with Crippen LogP contribution < -0.4 is 5.22 Å². The highest BCUT2D eigenvalue weighted by atomic mass is 14.2. The third kappa shape index (κ3) is 1.35. The quantitative estimate of drug-likeness (QED) is 0.305. The van der Waals surface area contributed by atoms with E-state index < -0.39 is 0 Å². The minimum Gasteiger partial charge on any atom is -0.0760 e. The molecule has 0 heteroatoms. The molecule has 4 aromatic carbocycles. The molecule has 1 aliphatic carbocycles. The van der Waals surface area contributed by atoms with Crippen LogP contribution in [0.15, 0.2) is 54.6 Å². The normalized spacial score (nSPS) is 17.5. The highest BCUT2D eigenvalue weighted by Gasteiger charge is 2.20. The van der Waals surface area contributed by atoms with Crippen LogP contribution in [0.25, 0.3) is 38.4 Å². The van der Waals surface area contributed by atoms with Crippen LogP contribution in [0.2, 0.25) is 0 Å². The van der Waals surface area contributed by atoms with Gasteiger partial charge in [0.15, 0.2) is 0 Å². The molecule has 0 spiro atoms. The Morgan fingerprint density at radius 1 is 0.762 bits per heavy atom. The molecule has 0 N–H and O–H groups in total. The van der Waals surface area contributed by atoms with E-state index in [2.05, 4.69) is 67.6 Å². The van der Waals surface area contributed by atoms with Gasteiger partial charge >= 0.3 is 0 Å². The van der Waals surface area contributed by atoms with Crippen molar-refractivity contribution in [3.8, 4) is 0 Å². The second-order valence-corrected chi connectivity index (χ2v) is 6.23. The fourth-order valence-corrected chi connectivity index (χ4v) is 4.10. The summed E-state index contributed by atoms with van der Waals surface area (Å²) in [6.07, 6.45) is 3.55. The summed E-state index contributed by atoms with van der Waals surface area (Å²) >= 11 is 0. The SMILES string of the molecule is CC1CC=c2ccc3cccc4c5ccccc5c1c2c34. The van der Waals surface area contributed by atoms with Crippen LogP contribution in [0.5, 0.6) is 0 Å². The van der Waals surface area contributed by atoms with E-state index in [1.165, 1.54) is 37.5 Å². The number of rotatable bonds is 0. The number of benzene rings is 4. The molecule has 0 radical (unpaired) electrons. The van der Waals surface area contributed by atoms with Crippen LogP contribution in [0.4, 0.5) is 0 Å². The standard InChI is InChI=1S/C21H16/c1-13-9-10-15-12-11-14-5-4-8-18-16-6-2-3-7-17(16)19(13)21(15)20(14)18/h2-8,10-13H,9H2,1H3. The van der Waals surface area contributed by atoms with Crippen molar-refractivity contribution in [2.24, 2.45) is 0 Å². The molecular formula is C21H16. The van der Waals surface area contributed by atoms with Crippen molar-refractivity contribution in [3.05, 3.63) is 65.4 Å². The largest absolute Gasteiger partial charge is 0.0760 e. The van der Waals surface area contributed by atoms with Crippen LogP contribution in [-0.2, 0) is 0 Å². The number of hydrogen-bond donors (Lipinski definition) is 0. The Morgan fingerprint density at radius 3 is 2.48 bits per heavy atom. The van der Waals surface area contributed by atoms with Crippen molar-refractivity contribution in [3.63, 3.8) is 0 Å². The number of fused-ring (bicyclic) bond motifs is 3. The molecule has 0 heterocycles. The second kappa shape index (κ2) is 3.85. The van der Waals surface area contributed by atoms with Crippen LogP contribution in [-0.4, -0.2) is 0 Å². The van der Waals surface area contributed by atoms with Crippen molar-refractivity contribution in [2.75, 3.05) is 0 Å². The van der Waals surface area contributed by atoms with Gasteiger partial charge in [-0.05, 0) is 55.4 Å². The van der Waals surface area contributed by atoms with Gasteiger partial charge < -0.3 is 0 Å². The van der Waals surface area contributed by atoms with Crippen LogP contribution in [0, 0.1) is 0 Å². The zero-order valence-electron chi connectivity index (χ0n) is 12.1. The topological polar surface area (TPSA) is 0 Å². The van der Waals surface area contributed by atoms with Gasteiger partial charge in [-0.3, -0.25) is 0 Å². The van der Waals surface area contributed by atoms with Crippen molar-refractivity contribution in [1.29, 1.82) is 0 Å². The van der Waals surface area contributed by atoms with E-state index in [1.54, 1.807) is 5.56 Å². The molecule has 100 valence electrons. The fourth-order valence-electron chi connectivity index (χ4n) is 4.10. The first-order valence-corrected chi connectivity index (χ1v) is 7.70. The van der Waals surface area contributed by atoms with Gasteiger partial charge in [-0.15, -0.1) is 0 Å². The Labute approximate surface area is 123 Å². The maximum absolute atomic E-state index is 2.41. The molecule has 21 heavy (non-hydrogen) atoms.